The summed E-state index contributed by atoms with van der Waals surface area (Å²) in [6.45, 7) is 4.51. The van der Waals surface area contributed by atoms with E-state index in [4.69, 9.17) is 0 Å². The molecule has 0 spiro atoms. The summed E-state index contributed by atoms with van der Waals surface area (Å²) in [5.74, 6) is 0.859. The molecule has 2 rings (SSSR count). The van der Waals surface area contributed by atoms with Crippen LogP contribution in [0.5, 0.6) is 0 Å². The SMILES string of the molecule is CCC1CCCC1Nc1ccc(N(C)C)cc1C. The largest absolute Gasteiger partial charge is 0.382 e. The summed E-state index contributed by atoms with van der Waals surface area (Å²) in [5, 5.41) is 3.76. The molecule has 1 aromatic rings. The van der Waals surface area contributed by atoms with Crippen molar-refractivity contribution in [1.29, 1.82) is 0 Å². The average molecular weight is 246 g/mol. The molecule has 2 unspecified atom stereocenters. The van der Waals surface area contributed by atoms with Crippen LogP contribution in [0.3, 0.4) is 0 Å². The van der Waals surface area contributed by atoms with Gasteiger partial charge in [0.25, 0.3) is 0 Å². The predicted octanol–water partition coefficient (Wildman–Crippen LogP) is 4.05. The topological polar surface area (TPSA) is 15.3 Å². The van der Waals surface area contributed by atoms with Crippen molar-refractivity contribution in [2.75, 3.05) is 24.3 Å². The maximum atomic E-state index is 3.76. The molecule has 2 atom stereocenters. The Bertz CT molecular complexity index is 398. The fraction of sp³-hybridized carbons (Fsp3) is 0.625. The lowest BCUT2D eigenvalue weighted by molar-refractivity contribution is 0.489. The minimum absolute atomic E-state index is 0.680. The van der Waals surface area contributed by atoms with Crippen LogP contribution in [0.15, 0.2) is 18.2 Å². The Kier molecular flexibility index (Phi) is 4.15. The third-order valence-corrected chi connectivity index (χ3v) is 4.25. The van der Waals surface area contributed by atoms with Gasteiger partial charge in [-0.1, -0.05) is 19.8 Å². The van der Waals surface area contributed by atoms with Gasteiger partial charge in [-0.3, -0.25) is 0 Å². The van der Waals surface area contributed by atoms with E-state index in [2.05, 4.69) is 56.4 Å². The summed E-state index contributed by atoms with van der Waals surface area (Å²) in [6.07, 6.45) is 5.40. The zero-order valence-electron chi connectivity index (χ0n) is 12.2. The van der Waals surface area contributed by atoms with Crippen LogP contribution in [-0.2, 0) is 0 Å². The number of aryl methyl sites for hydroxylation is 1. The Balaban J connectivity index is 2.09. The quantitative estimate of drug-likeness (QED) is 0.862. The summed E-state index contributed by atoms with van der Waals surface area (Å²) in [4.78, 5) is 2.15. The summed E-state index contributed by atoms with van der Waals surface area (Å²) >= 11 is 0. The van der Waals surface area contributed by atoms with E-state index in [1.165, 1.54) is 42.6 Å². The lowest BCUT2D eigenvalue weighted by atomic mass is 10.00. The smallest absolute Gasteiger partial charge is 0.0373 e. The van der Waals surface area contributed by atoms with Crippen molar-refractivity contribution >= 4 is 11.4 Å². The van der Waals surface area contributed by atoms with E-state index >= 15 is 0 Å². The number of nitrogens with zero attached hydrogens (tertiary/aromatic N) is 1. The Hall–Kier alpha value is -1.18. The van der Waals surface area contributed by atoms with Crippen molar-refractivity contribution in [3.05, 3.63) is 23.8 Å². The zero-order chi connectivity index (χ0) is 13.1. The van der Waals surface area contributed by atoms with Crippen LogP contribution in [0.1, 0.15) is 38.2 Å². The molecular weight excluding hydrogens is 220 g/mol. The highest BCUT2D eigenvalue weighted by Crippen LogP contribution is 2.32. The van der Waals surface area contributed by atoms with Crippen molar-refractivity contribution in [1.82, 2.24) is 0 Å². The second kappa shape index (κ2) is 5.64. The van der Waals surface area contributed by atoms with Gasteiger partial charge in [0.05, 0.1) is 0 Å². The molecule has 1 aliphatic rings. The number of rotatable bonds is 4. The van der Waals surface area contributed by atoms with Gasteiger partial charge in [-0.2, -0.15) is 0 Å². The summed E-state index contributed by atoms with van der Waals surface area (Å²) in [6, 6.07) is 7.37. The molecule has 1 saturated carbocycles. The molecule has 0 radical (unpaired) electrons. The van der Waals surface area contributed by atoms with Crippen molar-refractivity contribution in [2.24, 2.45) is 5.92 Å². The highest BCUT2D eigenvalue weighted by molar-refractivity contribution is 5.60. The molecule has 1 fully saturated rings. The van der Waals surface area contributed by atoms with Gasteiger partial charge in [-0.15, -0.1) is 0 Å². The van der Waals surface area contributed by atoms with Gasteiger partial charge in [0.2, 0.25) is 0 Å². The summed E-state index contributed by atoms with van der Waals surface area (Å²) < 4.78 is 0. The monoisotopic (exact) mass is 246 g/mol. The molecule has 0 bridgehead atoms. The zero-order valence-corrected chi connectivity index (χ0v) is 12.2. The fourth-order valence-corrected chi connectivity index (χ4v) is 3.00. The molecule has 0 saturated heterocycles. The molecule has 0 amide bonds. The van der Waals surface area contributed by atoms with Gasteiger partial charge in [0.1, 0.15) is 0 Å². The lowest BCUT2D eigenvalue weighted by Gasteiger charge is -2.23. The molecule has 2 heteroatoms. The number of hydrogen-bond donors (Lipinski definition) is 1. The van der Waals surface area contributed by atoms with Crippen LogP contribution in [0.2, 0.25) is 0 Å². The Morgan fingerprint density at radius 3 is 2.67 bits per heavy atom. The van der Waals surface area contributed by atoms with E-state index in [1.807, 2.05) is 0 Å². The first kappa shape index (κ1) is 13.3. The summed E-state index contributed by atoms with van der Waals surface area (Å²) in [5.41, 5.74) is 3.94. The van der Waals surface area contributed by atoms with Crippen LogP contribution in [0, 0.1) is 12.8 Å². The Morgan fingerprint density at radius 2 is 2.06 bits per heavy atom. The Morgan fingerprint density at radius 1 is 1.28 bits per heavy atom. The second-order valence-corrected chi connectivity index (χ2v) is 5.74. The molecule has 1 N–H and O–H groups in total. The summed E-state index contributed by atoms with van der Waals surface area (Å²) in [7, 11) is 4.18. The fourth-order valence-electron chi connectivity index (χ4n) is 3.00. The number of hydrogen-bond acceptors (Lipinski definition) is 2. The number of nitrogens with one attached hydrogen (secondary N) is 1. The normalized spacial score (nSPS) is 23.1. The standard InChI is InChI=1S/C16H26N2/c1-5-13-7-6-8-16(13)17-15-10-9-14(18(3)4)11-12(15)2/h9-11,13,16-17H,5-8H2,1-4H3. The van der Waals surface area contributed by atoms with E-state index in [-0.39, 0.29) is 0 Å². The van der Waals surface area contributed by atoms with Crippen LogP contribution >= 0.6 is 0 Å². The molecule has 0 heterocycles. The first-order valence-electron chi connectivity index (χ1n) is 7.16. The van der Waals surface area contributed by atoms with Gasteiger partial charge < -0.3 is 10.2 Å². The lowest BCUT2D eigenvalue weighted by Crippen LogP contribution is -2.23. The minimum Gasteiger partial charge on any atom is -0.382 e. The van der Waals surface area contributed by atoms with Gasteiger partial charge in [-0.05, 0) is 49.4 Å². The molecule has 18 heavy (non-hydrogen) atoms. The van der Waals surface area contributed by atoms with E-state index in [0.29, 0.717) is 6.04 Å². The number of benzene rings is 1. The molecule has 0 aromatic heterocycles. The van der Waals surface area contributed by atoms with Crippen LogP contribution in [0.25, 0.3) is 0 Å². The number of anilines is 2. The van der Waals surface area contributed by atoms with E-state index in [1.54, 1.807) is 0 Å². The third-order valence-electron chi connectivity index (χ3n) is 4.25. The molecule has 100 valence electrons. The minimum atomic E-state index is 0.680. The first-order valence-corrected chi connectivity index (χ1v) is 7.16. The predicted molar refractivity (Wildman–Crippen MR) is 80.5 cm³/mol. The van der Waals surface area contributed by atoms with E-state index < -0.39 is 0 Å². The van der Waals surface area contributed by atoms with E-state index in [0.717, 1.165) is 5.92 Å². The second-order valence-electron chi connectivity index (χ2n) is 5.74. The van der Waals surface area contributed by atoms with Crippen LogP contribution < -0.4 is 10.2 Å². The van der Waals surface area contributed by atoms with Crippen molar-refractivity contribution < 1.29 is 0 Å². The maximum Gasteiger partial charge on any atom is 0.0373 e. The molecule has 1 aromatic carbocycles. The third kappa shape index (κ3) is 2.80. The highest BCUT2D eigenvalue weighted by Gasteiger charge is 2.25. The van der Waals surface area contributed by atoms with Crippen molar-refractivity contribution in [2.45, 2.75) is 45.6 Å². The molecule has 0 aliphatic heterocycles. The maximum absolute atomic E-state index is 3.76. The Labute approximate surface area is 111 Å². The molecule has 1 aliphatic carbocycles. The van der Waals surface area contributed by atoms with Gasteiger partial charge in [0.15, 0.2) is 0 Å². The van der Waals surface area contributed by atoms with Gasteiger partial charge >= 0.3 is 0 Å². The molecular formula is C16H26N2. The average Bonchev–Trinajstić information content (AvgIpc) is 2.78. The van der Waals surface area contributed by atoms with Gasteiger partial charge in [-0.25, -0.2) is 0 Å². The van der Waals surface area contributed by atoms with Crippen molar-refractivity contribution in [3.8, 4) is 0 Å². The van der Waals surface area contributed by atoms with Gasteiger partial charge in [0, 0.05) is 31.5 Å². The van der Waals surface area contributed by atoms with E-state index in [9.17, 15) is 0 Å². The highest BCUT2D eigenvalue weighted by atomic mass is 15.1. The molecule has 2 nitrogen and oxygen atoms in total. The van der Waals surface area contributed by atoms with Crippen LogP contribution in [-0.4, -0.2) is 20.1 Å². The van der Waals surface area contributed by atoms with Crippen molar-refractivity contribution in [3.63, 3.8) is 0 Å². The first-order chi connectivity index (χ1) is 8.61. The van der Waals surface area contributed by atoms with Crippen LogP contribution in [0.4, 0.5) is 11.4 Å².